The largest absolute Gasteiger partial charge is 0.444 e. The predicted molar refractivity (Wildman–Crippen MR) is 82.2 cm³/mol. The smallest absolute Gasteiger partial charge is 0.407 e. The molecule has 0 aliphatic rings. The third-order valence-corrected chi connectivity index (χ3v) is 2.59. The van der Waals surface area contributed by atoms with Crippen LogP contribution in [0, 0.1) is 5.82 Å². The number of hydrogen-bond donors (Lipinski definition) is 2. The number of nitrogens with two attached hydrogens (primary N) is 1. The van der Waals surface area contributed by atoms with Crippen LogP contribution in [0.3, 0.4) is 0 Å². The molecule has 0 unspecified atom stereocenters. The van der Waals surface area contributed by atoms with E-state index in [0.717, 1.165) is 5.56 Å². The van der Waals surface area contributed by atoms with Gasteiger partial charge in [0.15, 0.2) is 0 Å². The first-order valence-electron chi connectivity index (χ1n) is 6.94. The molecular weight excluding hydrogens is 271 g/mol. The van der Waals surface area contributed by atoms with Gasteiger partial charge in [0.05, 0.1) is 0 Å². The van der Waals surface area contributed by atoms with Crippen molar-refractivity contribution in [3.63, 3.8) is 0 Å². The first-order valence-corrected chi connectivity index (χ1v) is 6.94. The lowest BCUT2D eigenvalue weighted by molar-refractivity contribution is 0.0529. The van der Waals surface area contributed by atoms with Crippen LogP contribution in [0.5, 0.6) is 0 Å². The predicted octanol–water partition coefficient (Wildman–Crippen LogP) is 3.21. The van der Waals surface area contributed by atoms with Gasteiger partial charge in [-0.25, -0.2) is 9.18 Å². The van der Waals surface area contributed by atoms with Crippen LogP contribution in [-0.4, -0.2) is 18.2 Å². The Kier molecular flexibility index (Phi) is 6.37. The Balaban J connectivity index is 2.35. The van der Waals surface area contributed by atoms with E-state index in [1.54, 1.807) is 12.1 Å². The fourth-order valence-electron chi connectivity index (χ4n) is 1.62. The number of amides is 1. The average Bonchev–Trinajstić information content (AvgIpc) is 2.36. The summed E-state index contributed by atoms with van der Waals surface area (Å²) >= 11 is 0. The summed E-state index contributed by atoms with van der Waals surface area (Å²) in [4.78, 5) is 11.4. The first kappa shape index (κ1) is 17.2. The summed E-state index contributed by atoms with van der Waals surface area (Å²) in [5, 5.41) is 2.65. The quantitative estimate of drug-likeness (QED) is 0.820. The van der Waals surface area contributed by atoms with Crippen LogP contribution >= 0.6 is 0 Å². The van der Waals surface area contributed by atoms with Gasteiger partial charge in [-0.1, -0.05) is 24.3 Å². The van der Waals surface area contributed by atoms with Crippen LogP contribution in [0.1, 0.15) is 38.3 Å². The van der Waals surface area contributed by atoms with Gasteiger partial charge in [0.2, 0.25) is 0 Å². The van der Waals surface area contributed by atoms with Gasteiger partial charge < -0.3 is 15.8 Å². The highest BCUT2D eigenvalue weighted by atomic mass is 19.1. The van der Waals surface area contributed by atoms with Gasteiger partial charge in [-0.15, -0.1) is 0 Å². The summed E-state index contributed by atoms with van der Waals surface area (Å²) in [6, 6.07) is 4.93. The molecule has 0 bridgehead atoms. The molecule has 21 heavy (non-hydrogen) atoms. The van der Waals surface area contributed by atoms with Gasteiger partial charge in [-0.2, -0.15) is 0 Å². The fourth-order valence-corrected chi connectivity index (χ4v) is 1.62. The Morgan fingerprint density at radius 2 is 2.14 bits per heavy atom. The van der Waals surface area contributed by atoms with Gasteiger partial charge in [-0.3, -0.25) is 0 Å². The van der Waals surface area contributed by atoms with E-state index in [4.69, 9.17) is 10.5 Å². The SMILES string of the molecule is CC(C)(C)OC(=O)NCCC=Cc1ccc(CN)c(F)c1. The van der Waals surface area contributed by atoms with Crippen molar-refractivity contribution >= 4 is 12.2 Å². The zero-order valence-electron chi connectivity index (χ0n) is 12.8. The van der Waals surface area contributed by atoms with Crippen LogP contribution in [0.2, 0.25) is 0 Å². The van der Waals surface area contributed by atoms with E-state index in [1.165, 1.54) is 6.07 Å². The van der Waals surface area contributed by atoms with Gasteiger partial charge in [-0.05, 0) is 38.8 Å². The zero-order valence-corrected chi connectivity index (χ0v) is 12.8. The van der Waals surface area contributed by atoms with E-state index in [0.29, 0.717) is 18.5 Å². The molecule has 5 heteroatoms. The van der Waals surface area contributed by atoms with Gasteiger partial charge in [0.1, 0.15) is 11.4 Å². The number of carbonyl (C=O) groups excluding carboxylic acids is 1. The number of carbonyl (C=O) groups is 1. The van der Waals surface area contributed by atoms with Crippen molar-refractivity contribution in [1.82, 2.24) is 5.32 Å². The maximum absolute atomic E-state index is 13.5. The highest BCUT2D eigenvalue weighted by Gasteiger charge is 2.15. The van der Waals surface area contributed by atoms with E-state index >= 15 is 0 Å². The summed E-state index contributed by atoms with van der Waals surface area (Å²) in [5.74, 6) is -0.300. The summed E-state index contributed by atoms with van der Waals surface area (Å²) in [6.45, 7) is 6.09. The van der Waals surface area contributed by atoms with Crippen LogP contribution in [-0.2, 0) is 11.3 Å². The number of alkyl carbamates (subject to hydrolysis) is 1. The molecule has 4 nitrogen and oxygen atoms in total. The molecule has 1 amide bonds. The Bertz CT molecular complexity index is 507. The summed E-state index contributed by atoms with van der Waals surface area (Å²) < 4.78 is 18.6. The maximum Gasteiger partial charge on any atom is 0.407 e. The fraction of sp³-hybridized carbons (Fsp3) is 0.438. The Hall–Kier alpha value is -1.88. The molecule has 0 heterocycles. The molecule has 0 atom stereocenters. The summed E-state index contributed by atoms with van der Waals surface area (Å²) in [6.07, 6.45) is 3.88. The molecule has 0 aliphatic carbocycles. The Morgan fingerprint density at radius 1 is 1.43 bits per heavy atom. The number of benzene rings is 1. The highest BCUT2D eigenvalue weighted by Crippen LogP contribution is 2.11. The molecule has 3 N–H and O–H groups in total. The summed E-state index contributed by atoms with van der Waals surface area (Å²) in [7, 11) is 0. The number of nitrogens with one attached hydrogen (secondary N) is 1. The summed E-state index contributed by atoms with van der Waals surface area (Å²) in [5.41, 5.74) is 6.17. The zero-order chi connectivity index (χ0) is 15.9. The standard InChI is InChI=1S/C16H23FN2O2/c1-16(2,3)21-15(20)19-9-5-4-6-12-7-8-13(11-18)14(17)10-12/h4,6-8,10H,5,9,11,18H2,1-3H3,(H,19,20). The number of halogens is 1. The molecule has 116 valence electrons. The van der Waals surface area contributed by atoms with Crippen LogP contribution < -0.4 is 11.1 Å². The lowest BCUT2D eigenvalue weighted by Gasteiger charge is -2.19. The highest BCUT2D eigenvalue weighted by molar-refractivity contribution is 5.67. The molecule has 0 radical (unpaired) electrons. The Labute approximate surface area is 125 Å². The maximum atomic E-state index is 13.5. The van der Waals surface area contributed by atoms with Crippen LogP contribution in [0.25, 0.3) is 6.08 Å². The van der Waals surface area contributed by atoms with Gasteiger partial charge in [0.25, 0.3) is 0 Å². The molecule has 1 rings (SSSR count). The number of hydrogen-bond acceptors (Lipinski definition) is 3. The van der Waals surface area contributed by atoms with E-state index in [1.807, 2.05) is 32.9 Å². The van der Waals surface area contributed by atoms with Crippen molar-refractivity contribution < 1.29 is 13.9 Å². The molecule has 0 aliphatic heterocycles. The van der Waals surface area contributed by atoms with Crippen LogP contribution in [0.4, 0.5) is 9.18 Å². The minimum Gasteiger partial charge on any atom is -0.444 e. The molecule has 1 aromatic rings. The second-order valence-corrected chi connectivity index (χ2v) is 5.67. The normalized spacial score (nSPS) is 11.7. The average molecular weight is 294 g/mol. The molecule has 0 aromatic heterocycles. The second-order valence-electron chi connectivity index (χ2n) is 5.67. The van der Waals surface area contributed by atoms with E-state index in [-0.39, 0.29) is 12.4 Å². The minimum absolute atomic E-state index is 0.190. The number of rotatable bonds is 5. The lowest BCUT2D eigenvalue weighted by atomic mass is 10.1. The molecule has 0 fully saturated rings. The second kappa shape index (κ2) is 7.78. The van der Waals surface area contributed by atoms with E-state index < -0.39 is 11.7 Å². The third-order valence-electron chi connectivity index (χ3n) is 2.59. The molecule has 0 saturated carbocycles. The van der Waals surface area contributed by atoms with Crippen molar-refractivity contribution in [2.24, 2.45) is 5.73 Å². The van der Waals surface area contributed by atoms with Crippen molar-refractivity contribution in [2.45, 2.75) is 39.3 Å². The van der Waals surface area contributed by atoms with Crippen molar-refractivity contribution in [2.75, 3.05) is 6.54 Å². The van der Waals surface area contributed by atoms with Crippen molar-refractivity contribution in [3.05, 3.63) is 41.2 Å². The van der Waals surface area contributed by atoms with Crippen molar-refractivity contribution in [3.8, 4) is 0 Å². The lowest BCUT2D eigenvalue weighted by Crippen LogP contribution is -2.32. The van der Waals surface area contributed by atoms with E-state index in [2.05, 4.69) is 5.32 Å². The Morgan fingerprint density at radius 3 is 2.71 bits per heavy atom. The number of ether oxygens (including phenoxy) is 1. The van der Waals surface area contributed by atoms with E-state index in [9.17, 15) is 9.18 Å². The first-order chi connectivity index (χ1) is 9.81. The third kappa shape index (κ3) is 6.90. The molecular formula is C16H23FN2O2. The molecule has 0 spiro atoms. The van der Waals surface area contributed by atoms with Gasteiger partial charge >= 0.3 is 6.09 Å². The van der Waals surface area contributed by atoms with Gasteiger partial charge in [0, 0.05) is 18.7 Å². The minimum atomic E-state index is -0.498. The van der Waals surface area contributed by atoms with Crippen LogP contribution in [0.15, 0.2) is 24.3 Å². The topological polar surface area (TPSA) is 64.3 Å². The molecule has 1 aromatic carbocycles. The van der Waals surface area contributed by atoms with Crippen molar-refractivity contribution in [1.29, 1.82) is 0 Å². The monoisotopic (exact) mass is 294 g/mol. The molecule has 0 saturated heterocycles.